The van der Waals surface area contributed by atoms with Gasteiger partial charge in [0.05, 0.1) is 17.3 Å². The summed E-state index contributed by atoms with van der Waals surface area (Å²) in [5.41, 5.74) is 4.50. The van der Waals surface area contributed by atoms with Crippen molar-refractivity contribution in [3.8, 4) is 10.6 Å². The van der Waals surface area contributed by atoms with E-state index >= 15 is 0 Å². The summed E-state index contributed by atoms with van der Waals surface area (Å²) in [5, 5.41) is 18.3. The van der Waals surface area contributed by atoms with Crippen LogP contribution in [0.15, 0.2) is 72.9 Å². The third kappa shape index (κ3) is 4.58. The Morgan fingerprint density at radius 1 is 1.00 bits per heavy atom. The summed E-state index contributed by atoms with van der Waals surface area (Å²) in [6, 6.07) is 21.2. The van der Waals surface area contributed by atoms with E-state index in [4.69, 9.17) is 4.98 Å². The van der Waals surface area contributed by atoms with Gasteiger partial charge in [0.25, 0.3) is 5.91 Å². The van der Waals surface area contributed by atoms with Gasteiger partial charge in [-0.1, -0.05) is 47.7 Å². The Kier molecular flexibility index (Phi) is 6.14. The zero-order valence-corrected chi connectivity index (χ0v) is 20.3. The van der Waals surface area contributed by atoms with E-state index in [9.17, 15) is 9.90 Å². The van der Waals surface area contributed by atoms with Crippen molar-refractivity contribution in [1.82, 2.24) is 20.3 Å². The highest BCUT2D eigenvalue weighted by Gasteiger charge is 2.24. The van der Waals surface area contributed by atoms with Crippen molar-refractivity contribution in [1.29, 1.82) is 0 Å². The Balaban J connectivity index is 1.23. The number of anilines is 1. The number of nitrogens with zero attached hydrogens (tertiary/aromatic N) is 3. The van der Waals surface area contributed by atoms with Gasteiger partial charge < -0.3 is 15.7 Å². The fourth-order valence-corrected chi connectivity index (χ4v) is 5.59. The summed E-state index contributed by atoms with van der Waals surface area (Å²) in [6.45, 7) is 0.642. The molecule has 3 heterocycles. The summed E-state index contributed by atoms with van der Waals surface area (Å²) in [5.74, 6) is -0.269. The summed E-state index contributed by atoms with van der Waals surface area (Å²) < 4.78 is 0. The molecule has 1 saturated carbocycles. The number of rotatable bonds is 6. The second-order valence-corrected chi connectivity index (χ2v) is 10.0. The second kappa shape index (κ2) is 9.73. The predicted octanol–water partition coefficient (Wildman–Crippen LogP) is 5.16. The van der Waals surface area contributed by atoms with E-state index in [1.165, 1.54) is 11.3 Å². The molecule has 3 aromatic heterocycles. The van der Waals surface area contributed by atoms with Gasteiger partial charge in [-0.15, -0.1) is 0 Å². The number of hydrogen-bond donors (Lipinski definition) is 3. The van der Waals surface area contributed by atoms with E-state index in [1.54, 1.807) is 6.07 Å². The molecule has 5 aromatic rings. The van der Waals surface area contributed by atoms with Crippen LogP contribution >= 0.6 is 11.3 Å². The average Bonchev–Trinajstić information content (AvgIpc) is 3.52. The Bertz CT molecular complexity index is 1570. The molecular weight excluding hydrogens is 470 g/mol. The molecule has 3 N–H and O–H groups in total. The molecule has 1 aliphatic rings. The van der Waals surface area contributed by atoms with Crippen LogP contribution in [0, 0.1) is 0 Å². The number of benzene rings is 2. The third-order valence-electron chi connectivity index (χ3n) is 6.59. The van der Waals surface area contributed by atoms with Crippen molar-refractivity contribution in [2.45, 2.75) is 38.0 Å². The lowest BCUT2D eigenvalue weighted by atomic mass is 10.1. The fraction of sp³-hybridized carbons (Fsp3) is 0.214. The number of nitrogens with one attached hydrogen (secondary N) is 2. The standard InChI is InChI=1S/C28H25N5O2S/c34-25-11-5-10-22(25)29-15-17-14-24-28(30-16-17)36-27(33-24)19-7-2-4-9-21(19)32-26(35)23-13-12-18-6-1-3-8-20(18)31-23/h1-4,6-9,12-14,16,22,25,29,34H,5,10-11,15H2,(H,32,35)/t22-,25?/m1/s1. The summed E-state index contributed by atoms with van der Waals surface area (Å²) in [4.78, 5) is 27.8. The number of carbonyl (C=O) groups is 1. The van der Waals surface area contributed by atoms with Gasteiger partial charge in [-0.25, -0.2) is 15.0 Å². The van der Waals surface area contributed by atoms with Crippen LogP contribution in [0.1, 0.15) is 35.3 Å². The smallest absolute Gasteiger partial charge is 0.274 e. The molecule has 7 nitrogen and oxygen atoms in total. The highest BCUT2D eigenvalue weighted by Crippen LogP contribution is 2.34. The van der Waals surface area contributed by atoms with Crippen molar-refractivity contribution in [2.24, 2.45) is 0 Å². The molecule has 0 spiro atoms. The minimum atomic E-state index is -0.274. The van der Waals surface area contributed by atoms with Gasteiger partial charge in [-0.3, -0.25) is 4.79 Å². The van der Waals surface area contributed by atoms with Crippen molar-refractivity contribution >= 4 is 44.2 Å². The van der Waals surface area contributed by atoms with Crippen LogP contribution in [0.3, 0.4) is 0 Å². The van der Waals surface area contributed by atoms with Crippen molar-refractivity contribution < 1.29 is 9.90 Å². The molecule has 0 saturated heterocycles. The Morgan fingerprint density at radius 2 is 1.86 bits per heavy atom. The zero-order valence-electron chi connectivity index (χ0n) is 19.5. The van der Waals surface area contributed by atoms with Crippen LogP contribution in [0.4, 0.5) is 5.69 Å². The molecule has 0 aliphatic heterocycles. The van der Waals surface area contributed by atoms with Crippen molar-refractivity contribution in [2.75, 3.05) is 5.32 Å². The monoisotopic (exact) mass is 495 g/mol. The first-order valence-electron chi connectivity index (χ1n) is 12.1. The lowest BCUT2D eigenvalue weighted by Crippen LogP contribution is -2.35. The first kappa shape index (κ1) is 22.7. The molecule has 1 aliphatic carbocycles. The Labute approximate surface area is 212 Å². The molecule has 1 unspecified atom stereocenters. The number of carbonyl (C=O) groups excluding carboxylic acids is 1. The first-order chi connectivity index (χ1) is 17.6. The van der Waals surface area contributed by atoms with E-state index in [2.05, 4.69) is 20.6 Å². The summed E-state index contributed by atoms with van der Waals surface area (Å²) in [7, 11) is 0. The van der Waals surface area contributed by atoms with E-state index in [0.29, 0.717) is 17.9 Å². The molecule has 0 bridgehead atoms. The molecule has 1 amide bonds. The molecule has 1 fully saturated rings. The zero-order chi connectivity index (χ0) is 24.5. The molecule has 0 radical (unpaired) electrons. The maximum Gasteiger partial charge on any atom is 0.274 e. The normalized spacial score (nSPS) is 17.6. The maximum absolute atomic E-state index is 13.0. The number of fused-ring (bicyclic) bond motifs is 2. The van der Waals surface area contributed by atoms with Gasteiger partial charge in [0.1, 0.15) is 21.0 Å². The number of para-hydroxylation sites is 2. The Morgan fingerprint density at radius 3 is 2.75 bits per heavy atom. The van der Waals surface area contributed by atoms with Crippen LogP contribution in [0.2, 0.25) is 0 Å². The quantitative estimate of drug-likeness (QED) is 0.301. The SMILES string of the molecule is O=C(Nc1ccccc1-c1nc2cc(CN[C@@H]3CCCC3O)cnc2s1)c1ccc2ccccc2n1. The molecular formula is C28H25N5O2S. The third-order valence-corrected chi connectivity index (χ3v) is 7.60. The maximum atomic E-state index is 13.0. The van der Waals surface area contributed by atoms with E-state index in [-0.39, 0.29) is 18.1 Å². The number of pyridine rings is 2. The van der Waals surface area contributed by atoms with Crippen molar-refractivity contribution in [3.05, 3.63) is 84.2 Å². The Hall–Kier alpha value is -3.72. The number of aliphatic hydroxyl groups is 1. The van der Waals surface area contributed by atoms with Crippen LogP contribution in [-0.2, 0) is 6.54 Å². The van der Waals surface area contributed by atoms with Gasteiger partial charge in [-0.2, -0.15) is 0 Å². The minimum absolute atomic E-state index is 0.138. The lowest BCUT2D eigenvalue weighted by molar-refractivity contribution is 0.102. The summed E-state index contributed by atoms with van der Waals surface area (Å²) >= 11 is 1.49. The van der Waals surface area contributed by atoms with Crippen LogP contribution in [0.5, 0.6) is 0 Å². The number of thiazole rings is 1. The van der Waals surface area contributed by atoms with Gasteiger partial charge in [0.2, 0.25) is 0 Å². The van der Waals surface area contributed by atoms with Crippen molar-refractivity contribution in [3.63, 3.8) is 0 Å². The average molecular weight is 496 g/mol. The molecule has 36 heavy (non-hydrogen) atoms. The number of amides is 1. The number of aromatic nitrogens is 3. The summed E-state index contributed by atoms with van der Waals surface area (Å²) in [6.07, 6.45) is 4.49. The van der Waals surface area contributed by atoms with Gasteiger partial charge in [-0.05, 0) is 55.2 Å². The van der Waals surface area contributed by atoms with E-state index in [0.717, 1.165) is 56.6 Å². The highest BCUT2D eigenvalue weighted by atomic mass is 32.1. The first-order valence-corrected chi connectivity index (χ1v) is 12.9. The van der Waals surface area contributed by atoms with Crippen LogP contribution < -0.4 is 10.6 Å². The van der Waals surface area contributed by atoms with Crippen LogP contribution in [-0.4, -0.2) is 38.1 Å². The fourth-order valence-electron chi connectivity index (χ4n) is 4.66. The molecule has 2 atom stereocenters. The molecule has 6 rings (SSSR count). The van der Waals surface area contributed by atoms with Gasteiger partial charge in [0, 0.05) is 29.7 Å². The van der Waals surface area contributed by atoms with Crippen LogP contribution in [0.25, 0.3) is 31.8 Å². The molecule has 8 heteroatoms. The van der Waals surface area contributed by atoms with Gasteiger partial charge >= 0.3 is 0 Å². The highest BCUT2D eigenvalue weighted by molar-refractivity contribution is 7.21. The molecule has 180 valence electrons. The predicted molar refractivity (Wildman–Crippen MR) is 143 cm³/mol. The number of aliphatic hydroxyl groups excluding tert-OH is 1. The van der Waals surface area contributed by atoms with E-state index in [1.807, 2.05) is 66.9 Å². The van der Waals surface area contributed by atoms with Gasteiger partial charge in [0.15, 0.2) is 0 Å². The van der Waals surface area contributed by atoms with E-state index < -0.39 is 0 Å². The number of hydrogen-bond acceptors (Lipinski definition) is 7. The molecule has 2 aromatic carbocycles. The lowest BCUT2D eigenvalue weighted by Gasteiger charge is -2.16. The minimum Gasteiger partial charge on any atom is -0.392 e. The topological polar surface area (TPSA) is 100 Å². The largest absolute Gasteiger partial charge is 0.392 e. The second-order valence-electron chi connectivity index (χ2n) is 9.06.